The Morgan fingerprint density at radius 1 is 0.941 bits per heavy atom. The van der Waals surface area contributed by atoms with Gasteiger partial charge >= 0.3 is 0 Å². The lowest BCUT2D eigenvalue weighted by Crippen LogP contribution is -2.18. The van der Waals surface area contributed by atoms with E-state index in [1.54, 1.807) is 0 Å². The van der Waals surface area contributed by atoms with Crippen LogP contribution in [0.2, 0.25) is 0 Å². The second-order valence-corrected chi connectivity index (χ2v) is 5.27. The molecule has 2 nitrogen and oxygen atoms in total. The third kappa shape index (κ3) is 3.65. The van der Waals surface area contributed by atoms with Crippen LogP contribution in [0, 0.1) is 0 Å². The number of anilines is 2. The van der Waals surface area contributed by atoms with Gasteiger partial charge in [-0.2, -0.15) is 0 Å². The van der Waals surface area contributed by atoms with Gasteiger partial charge in [0.25, 0.3) is 0 Å². The topological polar surface area (TPSA) is 15.3 Å². The highest BCUT2D eigenvalue weighted by molar-refractivity contribution is 5.54. The first kappa shape index (κ1) is 12.3. The largest absolute Gasteiger partial charge is 0.382 e. The van der Waals surface area contributed by atoms with Gasteiger partial charge in [0.05, 0.1) is 0 Å². The van der Waals surface area contributed by atoms with Crippen LogP contribution in [0.25, 0.3) is 0 Å². The summed E-state index contributed by atoms with van der Waals surface area (Å²) in [5.74, 6) is 0. The number of hydrogen-bond acceptors (Lipinski definition) is 2. The molecule has 0 atom stereocenters. The molecule has 0 unspecified atom stereocenters. The molecule has 1 aliphatic carbocycles. The van der Waals surface area contributed by atoms with Gasteiger partial charge in [-0.1, -0.05) is 25.7 Å². The second kappa shape index (κ2) is 5.95. The van der Waals surface area contributed by atoms with Crippen molar-refractivity contribution < 1.29 is 0 Å². The Balaban J connectivity index is 1.93. The minimum absolute atomic E-state index is 0.683. The maximum atomic E-state index is 3.67. The Hall–Kier alpha value is -1.18. The standard InChI is InChI=1S/C15H24N2/c1-17(2)15-11-9-14(10-12-15)16-13-7-5-3-4-6-8-13/h9-13,16H,3-8H2,1-2H3. The maximum absolute atomic E-state index is 3.67. The second-order valence-electron chi connectivity index (χ2n) is 5.27. The molecule has 0 bridgehead atoms. The van der Waals surface area contributed by atoms with Gasteiger partial charge in [0, 0.05) is 31.5 Å². The molecule has 0 saturated heterocycles. The van der Waals surface area contributed by atoms with Gasteiger partial charge in [0.1, 0.15) is 0 Å². The van der Waals surface area contributed by atoms with E-state index in [0.717, 1.165) is 0 Å². The van der Waals surface area contributed by atoms with Gasteiger partial charge in [0.2, 0.25) is 0 Å². The van der Waals surface area contributed by atoms with Crippen LogP contribution in [0.3, 0.4) is 0 Å². The lowest BCUT2D eigenvalue weighted by molar-refractivity contribution is 0.620. The molecule has 0 amide bonds. The fraction of sp³-hybridized carbons (Fsp3) is 0.600. The highest BCUT2D eigenvalue weighted by Crippen LogP contribution is 2.22. The number of nitrogens with zero attached hydrogens (tertiary/aromatic N) is 1. The van der Waals surface area contributed by atoms with Gasteiger partial charge in [-0.3, -0.25) is 0 Å². The van der Waals surface area contributed by atoms with Crippen molar-refractivity contribution in [3.8, 4) is 0 Å². The Labute approximate surface area is 105 Å². The van der Waals surface area contributed by atoms with Crippen LogP contribution in [0.15, 0.2) is 24.3 Å². The van der Waals surface area contributed by atoms with E-state index in [9.17, 15) is 0 Å². The SMILES string of the molecule is CN(C)c1ccc(NC2CCCCCC2)cc1. The lowest BCUT2D eigenvalue weighted by atomic mass is 10.1. The summed E-state index contributed by atoms with van der Waals surface area (Å²) < 4.78 is 0. The van der Waals surface area contributed by atoms with Crippen LogP contribution in [0.5, 0.6) is 0 Å². The number of rotatable bonds is 3. The summed E-state index contributed by atoms with van der Waals surface area (Å²) in [6.45, 7) is 0. The number of benzene rings is 1. The molecular weight excluding hydrogens is 208 g/mol. The van der Waals surface area contributed by atoms with Crippen LogP contribution in [0.1, 0.15) is 38.5 Å². The van der Waals surface area contributed by atoms with E-state index < -0.39 is 0 Å². The Bertz CT molecular complexity index is 321. The molecule has 2 heteroatoms. The zero-order valence-corrected chi connectivity index (χ0v) is 11.1. The summed E-state index contributed by atoms with van der Waals surface area (Å²) in [4.78, 5) is 2.13. The van der Waals surface area contributed by atoms with Crippen molar-refractivity contribution in [3.63, 3.8) is 0 Å². The molecule has 94 valence electrons. The predicted molar refractivity (Wildman–Crippen MR) is 75.9 cm³/mol. The van der Waals surface area contributed by atoms with Gasteiger partial charge in [0.15, 0.2) is 0 Å². The smallest absolute Gasteiger partial charge is 0.0362 e. The first-order chi connectivity index (χ1) is 8.25. The van der Waals surface area contributed by atoms with E-state index in [1.807, 2.05) is 0 Å². The van der Waals surface area contributed by atoms with Gasteiger partial charge in [-0.15, -0.1) is 0 Å². The van der Waals surface area contributed by atoms with E-state index in [0.29, 0.717) is 6.04 Å². The summed E-state index contributed by atoms with van der Waals surface area (Å²) in [6, 6.07) is 9.43. The van der Waals surface area contributed by atoms with Crippen LogP contribution >= 0.6 is 0 Å². The molecule has 1 fully saturated rings. The molecule has 1 aromatic carbocycles. The summed E-state index contributed by atoms with van der Waals surface area (Å²) in [7, 11) is 4.15. The molecule has 0 radical (unpaired) electrons. The van der Waals surface area contributed by atoms with Crippen molar-refractivity contribution in [1.29, 1.82) is 0 Å². The first-order valence-corrected chi connectivity index (χ1v) is 6.79. The van der Waals surface area contributed by atoms with E-state index >= 15 is 0 Å². The average Bonchev–Trinajstić information content (AvgIpc) is 2.58. The van der Waals surface area contributed by atoms with E-state index in [1.165, 1.54) is 49.9 Å². The summed E-state index contributed by atoms with van der Waals surface area (Å²) in [5.41, 5.74) is 2.53. The van der Waals surface area contributed by atoms with E-state index in [-0.39, 0.29) is 0 Å². The Morgan fingerprint density at radius 2 is 1.53 bits per heavy atom. The Kier molecular flexibility index (Phi) is 4.29. The van der Waals surface area contributed by atoms with Crippen molar-refractivity contribution in [2.75, 3.05) is 24.3 Å². The van der Waals surface area contributed by atoms with Crippen LogP contribution in [-0.2, 0) is 0 Å². The molecule has 0 heterocycles. The zero-order chi connectivity index (χ0) is 12.1. The number of nitrogens with one attached hydrogen (secondary N) is 1. The van der Waals surface area contributed by atoms with Crippen LogP contribution in [-0.4, -0.2) is 20.1 Å². The predicted octanol–water partition coefficient (Wildman–Crippen LogP) is 3.89. The molecule has 1 N–H and O–H groups in total. The monoisotopic (exact) mass is 232 g/mol. The van der Waals surface area contributed by atoms with Crippen molar-refractivity contribution in [3.05, 3.63) is 24.3 Å². The Morgan fingerprint density at radius 3 is 2.06 bits per heavy atom. The molecule has 1 saturated carbocycles. The van der Waals surface area contributed by atoms with E-state index in [4.69, 9.17) is 0 Å². The van der Waals surface area contributed by atoms with E-state index in [2.05, 4.69) is 48.6 Å². The molecule has 0 aromatic heterocycles. The van der Waals surface area contributed by atoms with Crippen LogP contribution in [0.4, 0.5) is 11.4 Å². The van der Waals surface area contributed by atoms with Gasteiger partial charge < -0.3 is 10.2 Å². The highest BCUT2D eigenvalue weighted by Gasteiger charge is 2.11. The summed E-state index contributed by atoms with van der Waals surface area (Å²) in [5, 5.41) is 3.67. The molecule has 0 aliphatic heterocycles. The average molecular weight is 232 g/mol. The van der Waals surface area contributed by atoms with Gasteiger partial charge in [-0.05, 0) is 37.1 Å². The fourth-order valence-corrected chi connectivity index (χ4v) is 2.52. The molecule has 17 heavy (non-hydrogen) atoms. The number of hydrogen-bond donors (Lipinski definition) is 1. The van der Waals surface area contributed by atoms with Crippen molar-refractivity contribution >= 4 is 11.4 Å². The van der Waals surface area contributed by atoms with Crippen molar-refractivity contribution in [2.45, 2.75) is 44.6 Å². The normalized spacial score (nSPS) is 17.5. The molecule has 2 rings (SSSR count). The zero-order valence-electron chi connectivity index (χ0n) is 11.1. The lowest BCUT2D eigenvalue weighted by Gasteiger charge is -2.19. The minimum Gasteiger partial charge on any atom is -0.382 e. The van der Waals surface area contributed by atoms with Crippen LogP contribution < -0.4 is 10.2 Å². The first-order valence-electron chi connectivity index (χ1n) is 6.79. The fourth-order valence-electron chi connectivity index (χ4n) is 2.52. The highest BCUT2D eigenvalue weighted by atomic mass is 15.1. The molecule has 1 aromatic rings. The molecule has 1 aliphatic rings. The third-order valence-electron chi connectivity index (χ3n) is 3.61. The van der Waals surface area contributed by atoms with Crippen molar-refractivity contribution in [1.82, 2.24) is 0 Å². The third-order valence-corrected chi connectivity index (χ3v) is 3.61. The molecule has 0 spiro atoms. The summed E-state index contributed by atoms with van der Waals surface area (Å²) >= 11 is 0. The maximum Gasteiger partial charge on any atom is 0.0362 e. The van der Waals surface area contributed by atoms with Gasteiger partial charge in [-0.25, -0.2) is 0 Å². The quantitative estimate of drug-likeness (QED) is 0.795. The van der Waals surface area contributed by atoms with Crippen molar-refractivity contribution in [2.24, 2.45) is 0 Å². The minimum atomic E-state index is 0.683. The summed E-state index contributed by atoms with van der Waals surface area (Å²) in [6.07, 6.45) is 8.25. The molecular formula is C15H24N2.